The molecule has 0 bridgehead atoms. The highest BCUT2D eigenvalue weighted by molar-refractivity contribution is 5.90. The number of methoxy groups -OCH3 is 1. The number of ether oxygens (including phenoxy) is 3. The smallest absolute Gasteiger partial charge is 0.416 e. The van der Waals surface area contributed by atoms with Crippen molar-refractivity contribution in [2.24, 2.45) is 0 Å². The van der Waals surface area contributed by atoms with Crippen LogP contribution in [-0.2, 0) is 39.3 Å². The maximum atomic E-state index is 14.1. The summed E-state index contributed by atoms with van der Waals surface area (Å²) in [4.78, 5) is 30.9. The number of hydrogen-bond acceptors (Lipinski definition) is 7. The SMILES string of the molecule is CC[C@@H]1C[C@H](N(Cc2cc(C(F)(F)F)cc(C(F)(F)F)c2)c2ccc(OCCOC)cn2)c2cc(C(F)(F)F)ccc2N1C(=O)OCCC(=O)O. The predicted molar refractivity (Wildman–Crippen MR) is 163 cm³/mol. The van der Waals surface area contributed by atoms with Crippen molar-refractivity contribution in [1.29, 1.82) is 0 Å². The third-order valence-electron chi connectivity index (χ3n) is 7.99. The molecule has 2 atom stereocenters. The molecule has 1 N–H and O–H groups in total. The molecule has 2 heterocycles. The summed E-state index contributed by atoms with van der Waals surface area (Å²) in [6.07, 6.45) is -15.6. The quantitative estimate of drug-likeness (QED) is 0.146. The molecular formula is C33H32F9N3O6. The molecule has 1 amide bonds. The van der Waals surface area contributed by atoms with E-state index in [1.54, 1.807) is 6.92 Å². The number of amides is 1. The summed E-state index contributed by atoms with van der Waals surface area (Å²) in [6, 6.07) is 4.19. The van der Waals surface area contributed by atoms with Crippen LogP contribution in [0.25, 0.3) is 0 Å². The van der Waals surface area contributed by atoms with E-state index in [2.05, 4.69) is 4.98 Å². The van der Waals surface area contributed by atoms with E-state index < -0.39 is 84.5 Å². The molecule has 0 saturated carbocycles. The predicted octanol–water partition coefficient (Wildman–Crippen LogP) is 8.51. The Morgan fingerprint density at radius 2 is 1.53 bits per heavy atom. The summed E-state index contributed by atoms with van der Waals surface area (Å²) in [5.74, 6) is -1.09. The van der Waals surface area contributed by atoms with Crippen LogP contribution in [-0.4, -0.2) is 55.1 Å². The number of hydrogen-bond donors (Lipinski definition) is 1. The maximum absolute atomic E-state index is 14.1. The zero-order valence-corrected chi connectivity index (χ0v) is 27.0. The topological polar surface area (TPSA) is 101 Å². The first-order valence-corrected chi connectivity index (χ1v) is 15.3. The molecular weight excluding hydrogens is 705 g/mol. The molecule has 0 saturated heterocycles. The van der Waals surface area contributed by atoms with E-state index in [9.17, 15) is 49.1 Å². The number of rotatable bonds is 12. The van der Waals surface area contributed by atoms with Gasteiger partial charge in [0.05, 0.1) is 47.6 Å². The lowest BCUT2D eigenvalue weighted by Gasteiger charge is -2.44. The van der Waals surface area contributed by atoms with Crippen LogP contribution in [0.2, 0.25) is 0 Å². The lowest BCUT2D eigenvalue weighted by Crippen LogP contribution is -2.48. The van der Waals surface area contributed by atoms with Gasteiger partial charge in [-0.05, 0) is 72.5 Å². The number of carbonyl (C=O) groups excluding carboxylic acids is 1. The van der Waals surface area contributed by atoms with Crippen LogP contribution in [0.5, 0.6) is 5.75 Å². The number of aromatic nitrogens is 1. The van der Waals surface area contributed by atoms with Gasteiger partial charge < -0.3 is 24.2 Å². The molecule has 0 fully saturated rings. The number of anilines is 2. The number of benzene rings is 2. The highest BCUT2D eigenvalue weighted by atomic mass is 19.4. The molecule has 278 valence electrons. The number of aliphatic carboxylic acids is 1. The van der Waals surface area contributed by atoms with Crippen molar-refractivity contribution in [2.75, 3.05) is 36.7 Å². The van der Waals surface area contributed by atoms with Crippen LogP contribution in [0.3, 0.4) is 0 Å². The van der Waals surface area contributed by atoms with Gasteiger partial charge in [-0.1, -0.05) is 6.92 Å². The normalized spacial score (nSPS) is 16.4. The van der Waals surface area contributed by atoms with Crippen molar-refractivity contribution >= 4 is 23.6 Å². The zero-order chi connectivity index (χ0) is 37.7. The fraction of sp³-hybridized carbons (Fsp3) is 0.424. The molecule has 51 heavy (non-hydrogen) atoms. The monoisotopic (exact) mass is 737 g/mol. The van der Waals surface area contributed by atoms with Crippen LogP contribution in [0, 0.1) is 0 Å². The Bertz CT molecular complexity index is 1650. The van der Waals surface area contributed by atoms with Crippen molar-refractivity contribution in [3.05, 3.63) is 82.5 Å². The number of carbonyl (C=O) groups is 2. The maximum Gasteiger partial charge on any atom is 0.416 e. The Balaban J connectivity index is 1.91. The van der Waals surface area contributed by atoms with Gasteiger partial charge in [0.1, 0.15) is 24.8 Å². The Labute approximate surface area is 285 Å². The van der Waals surface area contributed by atoms with Crippen LogP contribution < -0.4 is 14.5 Å². The Hall–Kier alpha value is -4.74. The molecule has 3 aromatic rings. The van der Waals surface area contributed by atoms with E-state index in [0.717, 1.165) is 17.0 Å². The fourth-order valence-electron chi connectivity index (χ4n) is 5.62. The average Bonchev–Trinajstić information content (AvgIpc) is 3.05. The summed E-state index contributed by atoms with van der Waals surface area (Å²) in [6.45, 7) is 0.721. The third kappa shape index (κ3) is 9.74. The molecule has 0 spiro atoms. The van der Waals surface area contributed by atoms with E-state index in [1.807, 2.05) is 0 Å². The molecule has 9 nitrogen and oxygen atoms in total. The van der Waals surface area contributed by atoms with Crippen LogP contribution in [0.15, 0.2) is 54.7 Å². The molecule has 0 aliphatic carbocycles. The van der Waals surface area contributed by atoms with Gasteiger partial charge in [-0.3, -0.25) is 9.69 Å². The van der Waals surface area contributed by atoms with E-state index >= 15 is 0 Å². The lowest BCUT2D eigenvalue weighted by atomic mass is 9.87. The number of halogens is 9. The van der Waals surface area contributed by atoms with Gasteiger partial charge in [0.15, 0.2) is 0 Å². The summed E-state index contributed by atoms with van der Waals surface area (Å²) >= 11 is 0. The van der Waals surface area contributed by atoms with Gasteiger partial charge in [-0.2, -0.15) is 39.5 Å². The first kappa shape index (κ1) is 39.1. The molecule has 0 unspecified atom stereocenters. The first-order chi connectivity index (χ1) is 23.8. The van der Waals surface area contributed by atoms with Crippen LogP contribution in [0.1, 0.15) is 60.0 Å². The van der Waals surface area contributed by atoms with Gasteiger partial charge in [-0.15, -0.1) is 0 Å². The average molecular weight is 738 g/mol. The number of nitrogens with zero attached hydrogens (tertiary/aromatic N) is 3. The Morgan fingerprint density at radius 1 is 0.882 bits per heavy atom. The number of carboxylic acids is 1. The number of alkyl halides is 9. The second-order valence-corrected chi connectivity index (χ2v) is 11.4. The van der Waals surface area contributed by atoms with Crippen molar-refractivity contribution < 1.29 is 68.4 Å². The third-order valence-corrected chi connectivity index (χ3v) is 7.99. The van der Waals surface area contributed by atoms with Gasteiger partial charge in [0, 0.05) is 19.7 Å². The van der Waals surface area contributed by atoms with Gasteiger partial charge in [0.25, 0.3) is 0 Å². The van der Waals surface area contributed by atoms with Crippen molar-refractivity contribution in [1.82, 2.24) is 4.98 Å². The molecule has 1 aromatic heterocycles. The lowest BCUT2D eigenvalue weighted by molar-refractivity contribution is -0.143. The van der Waals surface area contributed by atoms with Crippen molar-refractivity contribution in [3.8, 4) is 5.75 Å². The van der Waals surface area contributed by atoms with Gasteiger partial charge >= 0.3 is 30.6 Å². The molecule has 4 rings (SSSR count). The van der Waals surface area contributed by atoms with Crippen molar-refractivity contribution in [2.45, 2.75) is 63.3 Å². The fourth-order valence-corrected chi connectivity index (χ4v) is 5.62. The standard InChI is InChI=1S/C33H32F9N3O6/c1-3-23-16-27(25-15-20(31(34,35)36)4-6-26(25)45(23)30(48)51-9-8-29(46)47)44(28-7-5-24(17-43-28)50-11-10-49-2)18-19-12-21(32(37,38)39)14-22(13-19)33(40,41)42/h4-7,12-15,17,23,27H,3,8-11,16,18H2,1-2H3,(H,46,47)/t23-,27+/m1/s1. The largest absolute Gasteiger partial charge is 0.490 e. The number of carboxylic acid groups (broad SMARTS) is 1. The Morgan fingerprint density at radius 3 is 2.06 bits per heavy atom. The van der Waals surface area contributed by atoms with Gasteiger partial charge in [-0.25, -0.2) is 9.78 Å². The molecule has 18 heteroatoms. The number of pyridine rings is 1. The Kier molecular flexibility index (Phi) is 12.0. The van der Waals surface area contributed by atoms with E-state index in [1.165, 1.54) is 30.3 Å². The summed E-state index contributed by atoms with van der Waals surface area (Å²) in [7, 11) is 1.44. The van der Waals surface area contributed by atoms with Crippen LogP contribution >= 0.6 is 0 Å². The molecule has 1 aliphatic rings. The second-order valence-electron chi connectivity index (χ2n) is 11.4. The van der Waals surface area contributed by atoms with Gasteiger partial charge in [0.2, 0.25) is 0 Å². The number of fused-ring (bicyclic) bond motifs is 1. The molecule has 0 radical (unpaired) electrons. The minimum atomic E-state index is -5.17. The summed E-state index contributed by atoms with van der Waals surface area (Å²) in [5, 5.41) is 8.96. The van der Waals surface area contributed by atoms with Crippen molar-refractivity contribution in [3.63, 3.8) is 0 Å². The van der Waals surface area contributed by atoms with E-state index in [4.69, 9.17) is 19.3 Å². The van der Waals surface area contributed by atoms with E-state index in [0.29, 0.717) is 18.2 Å². The second kappa shape index (κ2) is 15.7. The first-order valence-electron chi connectivity index (χ1n) is 15.3. The summed E-state index contributed by atoms with van der Waals surface area (Å²) in [5.41, 5.74) is -5.05. The zero-order valence-electron chi connectivity index (χ0n) is 27.0. The van der Waals surface area contributed by atoms with Crippen LogP contribution in [0.4, 0.5) is 55.8 Å². The summed E-state index contributed by atoms with van der Waals surface area (Å²) < 4.78 is 141. The minimum absolute atomic E-state index is 0.0370. The minimum Gasteiger partial charge on any atom is -0.490 e. The highest BCUT2D eigenvalue weighted by Gasteiger charge is 2.42. The van der Waals surface area contributed by atoms with E-state index in [-0.39, 0.29) is 54.9 Å². The molecule has 1 aliphatic heterocycles. The highest BCUT2D eigenvalue weighted by Crippen LogP contribution is 2.46. The molecule has 2 aromatic carbocycles.